The number of hydrogen-bond acceptors (Lipinski definition) is 12. The third-order valence-electron chi connectivity index (χ3n) is 7.38. The monoisotopic (exact) mass is 666 g/mol. The molecule has 0 amide bonds. The average molecular weight is 667 g/mol. The molecule has 3 heterocycles. The molecule has 1 aliphatic rings. The van der Waals surface area contributed by atoms with Crippen LogP contribution in [0, 0.1) is 4.64 Å². The largest absolute Gasteiger partial charge is 0.460 e. The number of esters is 1. The van der Waals surface area contributed by atoms with Gasteiger partial charge >= 0.3 is 13.7 Å². The highest BCUT2D eigenvalue weighted by Crippen LogP contribution is 2.47. The number of aromatic amines is 1. The molecule has 16 heteroatoms. The molecule has 2 aromatic heterocycles. The third-order valence-corrected chi connectivity index (χ3v) is 9.30. The van der Waals surface area contributed by atoms with Gasteiger partial charge in [-0.1, -0.05) is 78.9 Å². The summed E-state index contributed by atoms with van der Waals surface area (Å²) < 4.78 is 39.0. The summed E-state index contributed by atoms with van der Waals surface area (Å²) in [5.41, 5.74) is 7.23. The van der Waals surface area contributed by atoms with Gasteiger partial charge in [0.25, 0.3) is 0 Å². The number of benzene rings is 3. The Morgan fingerprint density at radius 2 is 1.87 bits per heavy atom. The highest BCUT2D eigenvalue weighted by molar-refractivity contribution is 7.71. The van der Waals surface area contributed by atoms with Crippen molar-refractivity contribution in [3.63, 3.8) is 0 Å². The van der Waals surface area contributed by atoms with E-state index in [-0.39, 0.29) is 22.9 Å². The minimum atomic E-state index is -4.37. The quantitative estimate of drug-likeness (QED) is 0.0777. The number of aliphatic hydroxyl groups excluding tert-OH is 2. The van der Waals surface area contributed by atoms with Crippen LogP contribution >= 0.6 is 20.0 Å². The Labute approximate surface area is 267 Å². The van der Waals surface area contributed by atoms with Crippen molar-refractivity contribution >= 4 is 53.8 Å². The number of ether oxygens (including phenoxy) is 2. The van der Waals surface area contributed by atoms with Crippen LogP contribution in [0.25, 0.3) is 21.9 Å². The summed E-state index contributed by atoms with van der Waals surface area (Å²) in [7, 11) is -4.37. The Hall–Kier alpha value is -4.21. The highest BCUT2D eigenvalue weighted by atomic mass is 32.1. The van der Waals surface area contributed by atoms with Crippen molar-refractivity contribution in [2.24, 2.45) is 0 Å². The van der Waals surface area contributed by atoms with Gasteiger partial charge in [0.1, 0.15) is 47.9 Å². The number of hydrogen-bond donors (Lipinski definition) is 5. The molecule has 2 unspecified atom stereocenters. The number of imidazole rings is 1. The predicted octanol–water partition coefficient (Wildman–Crippen LogP) is 3.77. The molecule has 0 bridgehead atoms. The Morgan fingerprint density at radius 1 is 1.13 bits per heavy atom. The second-order valence-electron chi connectivity index (χ2n) is 10.6. The predicted molar refractivity (Wildman–Crippen MR) is 170 cm³/mol. The van der Waals surface area contributed by atoms with E-state index in [9.17, 15) is 19.6 Å². The molecule has 1 saturated heterocycles. The molecular weight excluding hydrogens is 635 g/mol. The van der Waals surface area contributed by atoms with Gasteiger partial charge in [0.05, 0.1) is 12.9 Å². The van der Waals surface area contributed by atoms with Crippen LogP contribution in [0.4, 0.5) is 5.95 Å². The van der Waals surface area contributed by atoms with Gasteiger partial charge in [0.15, 0.2) is 16.8 Å². The minimum absolute atomic E-state index is 0.0114. The van der Waals surface area contributed by atoms with E-state index >= 15 is 0 Å². The lowest BCUT2D eigenvalue weighted by atomic mass is 10.1. The molecule has 0 radical (unpaired) electrons. The minimum Gasteiger partial charge on any atom is -0.460 e. The van der Waals surface area contributed by atoms with Crippen molar-refractivity contribution in [1.82, 2.24) is 24.6 Å². The van der Waals surface area contributed by atoms with Gasteiger partial charge in [-0.2, -0.15) is 5.09 Å². The molecule has 5 aromatic rings. The number of nitrogens with one attached hydrogen (secondary N) is 2. The fourth-order valence-electron chi connectivity index (χ4n) is 5.05. The van der Waals surface area contributed by atoms with Gasteiger partial charge < -0.3 is 34.9 Å². The third kappa shape index (κ3) is 6.66. The molecule has 0 spiro atoms. The van der Waals surface area contributed by atoms with Crippen LogP contribution in [0.1, 0.15) is 18.7 Å². The number of nitrogens with zero attached hydrogens (tertiary/aromatic N) is 3. The van der Waals surface area contributed by atoms with Crippen LogP contribution in [0.5, 0.6) is 5.75 Å². The number of fused-ring (bicyclic) bond motifs is 2. The number of H-pyrrole nitrogens is 1. The van der Waals surface area contributed by atoms with Gasteiger partial charge in [-0.05, 0) is 23.9 Å². The zero-order valence-electron chi connectivity index (χ0n) is 24.4. The van der Waals surface area contributed by atoms with Gasteiger partial charge in [-0.15, -0.1) is 0 Å². The number of aromatic nitrogens is 4. The second-order valence-corrected chi connectivity index (χ2v) is 12.7. The molecule has 6 N–H and O–H groups in total. The summed E-state index contributed by atoms with van der Waals surface area (Å²) >= 11 is 5.22. The Balaban J connectivity index is 1.22. The summed E-state index contributed by atoms with van der Waals surface area (Å²) in [6.45, 7) is 0.977. The van der Waals surface area contributed by atoms with Crippen molar-refractivity contribution in [1.29, 1.82) is 0 Å². The lowest BCUT2D eigenvalue weighted by Crippen LogP contribution is -2.37. The summed E-state index contributed by atoms with van der Waals surface area (Å²) in [6, 6.07) is 20.5. The molecule has 240 valence electrons. The van der Waals surface area contributed by atoms with Crippen molar-refractivity contribution in [2.75, 3.05) is 12.3 Å². The standard InChI is InChI=1S/C30H31N6O8PS/c1-17(29(39)41-14-18-8-3-2-4-9-18)35-45(40,44-21-13-7-11-19-10-5-6-12-20(19)21)42-15-22-24(37)25(38)28(43-22)36-16-32-23-26(36)33-30(31)34-27(23)46/h2-13,16-17,22,24-25,28,37-38H,14-15H2,1H3,(H,35,40)(H3,31,33,34,46)/t17-,22+,24-,25?,28+,45?/m0/s1. The summed E-state index contributed by atoms with van der Waals surface area (Å²) in [5, 5.41) is 25.9. The van der Waals surface area contributed by atoms with E-state index in [0.717, 1.165) is 10.9 Å². The number of aliphatic hydroxyl groups is 2. The Kier molecular flexibility index (Phi) is 9.15. The van der Waals surface area contributed by atoms with Crippen LogP contribution in [-0.4, -0.2) is 66.7 Å². The molecule has 46 heavy (non-hydrogen) atoms. The van der Waals surface area contributed by atoms with Gasteiger partial charge in [-0.25, -0.2) is 14.5 Å². The molecule has 6 atom stereocenters. The van der Waals surface area contributed by atoms with E-state index in [1.165, 1.54) is 17.8 Å². The SMILES string of the molecule is C[C@H](NP(=O)(OC[C@H]1O[C@@H](n2cnc3c(=S)nc(N)[nH]c32)C(O)[C@H]1O)Oc1cccc2ccccc12)C(=O)OCc1ccccc1. The smallest absolute Gasteiger partial charge is 0.459 e. The van der Waals surface area contributed by atoms with Gasteiger partial charge in [-0.3, -0.25) is 13.9 Å². The first-order valence-corrected chi connectivity index (χ1v) is 16.2. The highest BCUT2D eigenvalue weighted by Gasteiger charge is 2.46. The molecule has 0 saturated carbocycles. The van der Waals surface area contributed by atoms with Gasteiger partial charge in [0.2, 0.25) is 0 Å². The first-order valence-electron chi connectivity index (χ1n) is 14.3. The van der Waals surface area contributed by atoms with Crippen molar-refractivity contribution in [3.05, 3.63) is 89.3 Å². The Bertz CT molecular complexity index is 1970. The molecule has 1 fully saturated rings. The Morgan fingerprint density at radius 3 is 2.67 bits per heavy atom. The molecule has 3 aromatic carbocycles. The normalized spacial score (nSPS) is 21.6. The van der Waals surface area contributed by atoms with Crippen LogP contribution < -0.4 is 15.3 Å². The van der Waals surface area contributed by atoms with Crippen molar-refractivity contribution in [2.45, 2.75) is 44.1 Å². The van der Waals surface area contributed by atoms with E-state index in [4.69, 9.17) is 36.5 Å². The molecule has 0 aliphatic carbocycles. The summed E-state index contributed by atoms with van der Waals surface area (Å²) in [4.78, 5) is 23.9. The van der Waals surface area contributed by atoms with E-state index < -0.39 is 50.9 Å². The second kappa shape index (κ2) is 13.3. The summed E-state index contributed by atoms with van der Waals surface area (Å²) in [6.07, 6.45) is -3.87. The fourth-order valence-corrected chi connectivity index (χ4v) is 6.82. The summed E-state index contributed by atoms with van der Waals surface area (Å²) in [5.74, 6) is -0.433. The molecule has 14 nitrogen and oxygen atoms in total. The lowest BCUT2D eigenvalue weighted by molar-refractivity contribution is -0.146. The van der Waals surface area contributed by atoms with Crippen molar-refractivity contribution < 1.29 is 38.1 Å². The van der Waals surface area contributed by atoms with E-state index in [1.54, 1.807) is 24.3 Å². The maximum atomic E-state index is 14.3. The van der Waals surface area contributed by atoms with E-state index in [1.807, 2.05) is 48.5 Å². The number of carbonyl (C=O) groups excluding carboxylic acids is 1. The van der Waals surface area contributed by atoms with Crippen LogP contribution in [0.3, 0.4) is 0 Å². The zero-order valence-corrected chi connectivity index (χ0v) is 26.1. The average Bonchev–Trinajstić information content (AvgIpc) is 3.59. The number of carbonyl (C=O) groups is 1. The van der Waals surface area contributed by atoms with Crippen LogP contribution in [-0.2, 0) is 30.0 Å². The molecular formula is C30H31N6O8PS. The molecule has 1 aliphatic heterocycles. The lowest BCUT2D eigenvalue weighted by Gasteiger charge is -2.25. The van der Waals surface area contributed by atoms with Crippen LogP contribution in [0.2, 0.25) is 0 Å². The van der Waals surface area contributed by atoms with E-state index in [0.29, 0.717) is 16.6 Å². The maximum absolute atomic E-state index is 14.3. The zero-order chi connectivity index (χ0) is 32.4. The van der Waals surface area contributed by atoms with Gasteiger partial charge in [0, 0.05) is 5.39 Å². The topological polar surface area (TPSA) is 196 Å². The number of rotatable bonds is 11. The fraction of sp³-hybridized carbons (Fsp3) is 0.267. The first kappa shape index (κ1) is 31.8. The van der Waals surface area contributed by atoms with E-state index in [2.05, 4.69) is 20.0 Å². The number of anilines is 1. The number of nitrogen functional groups attached to an aromatic ring is 1. The number of nitrogens with two attached hydrogens (primary N) is 1. The van der Waals surface area contributed by atoms with Crippen LogP contribution in [0.15, 0.2) is 79.1 Å². The first-order chi connectivity index (χ1) is 22.1. The maximum Gasteiger partial charge on any atom is 0.459 e. The molecule has 6 rings (SSSR count). The van der Waals surface area contributed by atoms with Crippen molar-refractivity contribution in [3.8, 4) is 5.75 Å².